The predicted molar refractivity (Wildman–Crippen MR) is 72.5 cm³/mol. The van der Waals surface area contributed by atoms with Gasteiger partial charge in [0.2, 0.25) is 0 Å². The number of fused-ring (bicyclic) bond motifs is 3. The van der Waals surface area contributed by atoms with Gasteiger partial charge >= 0.3 is 5.97 Å². The van der Waals surface area contributed by atoms with Crippen molar-refractivity contribution >= 4 is 11.8 Å². The summed E-state index contributed by atoms with van der Waals surface area (Å²) >= 11 is 0. The number of hydrogen-bond acceptors (Lipinski definition) is 4. The Balaban J connectivity index is 2.31. The van der Waals surface area contributed by atoms with E-state index in [0.717, 1.165) is 0 Å². The fourth-order valence-electron chi connectivity index (χ4n) is 3.64. The van der Waals surface area contributed by atoms with Crippen molar-refractivity contribution in [3.63, 3.8) is 0 Å². The van der Waals surface area contributed by atoms with Crippen LogP contribution in [0, 0.1) is 11.3 Å². The van der Waals surface area contributed by atoms with E-state index >= 15 is 0 Å². The molecule has 4 nitrogen and oxygen atoms in total. The lowest BCUT2D eigenvalue weighted by Gasteiger charge is -2.53. The van der Waals surface area contributed by atoms with Crippen LogP contribution in [0.2, 0.25) is 0 Å². The van der Waals surface area contributed by atoms with Gasteiger partial charge in [-0.25, -0.2) is 0 Å². The molecule has 3 aliphatic carbocycles. The fourth-order valence-corrected chi connectivity index (χ4v) is 3.64. The molecule has 4 heteroatoms. The number of hydrogen-bond donors (Lipinski definition) is 1. The summed E-state index contributed by atoms with van der Waals surface area (Å²) in [4.78, 5) is 25.1. The molecule has 0 spiro atoms. The summed E-state index contributed by atoms with van der Waals surface area (Å²) in [7, 11) is 0. The van der Waals surface area contributed by atoms with Gasteiger partial charge in [-0.05, 0) is 52.9 Å². The van der Waals surface area contributed by atoms with Gasteiger partial charge in [0, 0.05) is 5.92 Å². The van der Waals surface area contributed by atoms with Gasteiger partial charge in [0.25, 0.3) is 0 Å². The zero-order valence-corrected chi connectivity index (χ0v) is 12.4. The largest absolute Gasteiger partial charge is 0.460 e. The summed E-state index contributed by atoms with van der Waals surface area (Å²) in [6.45, 7) is 7.55. The number of ketones is 1. The summed E-state index contributed by atoms with van der Waals surface area (Å²) in [6.07, 6.45) is 3.26. The summed E-state index contributed by atoms with van der Waals surface area (Å²) in [5.74, 6) is -0.407. The molecule has 0 heterocycles. The van der Waals surface area contributed by atoms with E-state index in [1.54, 1.807) is 0 Å². The number of rotatable bonds is 2. The van der Waals surface area contributed by atoms with Gasteiger partial charge in [-0.3, -0.25) is 9.59 Å². The van der Waals surface area contributed by atoms with Crippen LogP contribution in [0.5, 0.6) is 0 Å². The Bertz CT molecular complexity index is 400. The number of carbonyl (C=O) groups is 2. The molecule has 3 fully saturated rings. The lowest BCUT2D eigenvalue weighted by Crippen LogP contribution is -2.66. The minimum atomic E-state index is -0.690. The van der Waals surface area contributed by atoms with Crippen LogP contribution < -0.4 is 5.73 Å². The van der Waals surface area contributed by atoms with E-state index in [9.17, 15) is 9.59 Å². The maximum absolute atomic E-state index is 12.6. The van der Waals surface area contributed by atoms with Crippen molar-refractivity contribution in [3.8, 4) is 0 Å². The van der Waals surface area contributed by atoms with Gasteiger partial charge in [-0.1, -0.05) is 6.92 Å². The van der Waals surface area contributed by atoms with Crippen molar-refractivity contribution in [3.05, 3.63) is 0 Å². The quantitative estimate of drug-likeness (QED) is 0.779. The molecule has 1 atom stereocenters. The lowest BCUT2D eigenvalue weighted by molar-refractivity contribution is -0.184. The molecule has 19 heavy (non-hydrogen) atoms. The first-order valence-electron chi connectivity index (χ1n) is 7.21. The van der Waals surface area contributed by atoms with E-state index in [4.69, 9.17) is 10.5 Å². The molecule has 0 radical (unpaired) electrons. The number of ether oxygens (including phenoxy) is 1. The molecule has 0 aromatic rings. The van der Waals surface area contributed by atoms with Gasteiger partial charge in [-0.2, -0.15) is 0 Å². The third-order valence-corrected chi connectivity index (χ3v) is 4.72. The Kier molecular flexibility index (Phi) is 3.28. The Morgan fingerprint density at radius 1 is 1.32 bits per heavy atom. The highest BCUT2D eigenvalue weighted by atomic mass is 16.6. The van der Waals surface area contributed by atoms with Crippen LogP contribution in [-0.2, 0) is 14.3 Å². The standard InChI is InChI=1S/C15H25NO3/c1-5-10-11(17)15(16)8-6-14(10,7-9-15)12(18)19-13(2,3)4/h10H,5-9,16H2,1-4H3. The molecule has 0 aliphatic heterocycles. The van der Waals surface area contributed by atoms with Crippen molar-refractivity contribution in [2.45, 2.75) is 70.9 Å². The number of esters is 1. The Morgan fingerprint density at radius 3 is 2.26 bits per heavy atom. The molecular formula is C15H25NO3. The van der Waals surface area contributed by atoms with Crippen LogP contribution in [0.4, 0.5) is 0 Å². The van der Waals surface area contributed by atoms with E-state index in [0.29, 0.717) is 32.1 Å². The van der Waals surface area contributed by atoms with Gasteiger partial charge in [0.15, 0.2) is 5.78 Å². The highest BCUT2D eigenvalue weighted by Gasteiger charge is 2.62. The molecule has 2 N–H and O–H groups in total. The minimum Gasteiger partial charge on any atom is -0.460 e. The maximum atomic E-state index is 12.6. The first-order chi connectivity index (χ1) is 8.65. The molecule has 3 saturated carbocycles. The van der Waals surface area contributed by atoms with Gasteiger partial charge in [0.05, 0.1) is 11.0 Å². The number of nitrogens with two attached hydrogens (primary N) is 1. The fraction of sp³-hybridized carbons (Fsp3) is 0.867. The van der Waals surface area contributed by atoms with Gasteiger partial charge < -0.3 is 10.5 Å². The Morgan fingerprint density at radius 2 is 1.84 bits per heavy atom. The average Bonchev–Trinajstić information content (AvgIpc) is 2.29. The van der Waals surface area contributed by atoms with E-state index < -0.39 is 16.6 Å². The summed E-state index contributed by atoms with van der Waals surface area (Å²) in [5.41, 5.74) is 4.36. The Labute approximate surface area is 115 Å². The van der Waals surface area contributed by atoms with Gasteiger partial charge in [-0.15, -0.1) is 0 Å². The second-order valence-corrected chi connectivity index (χ2v) is 7.14. The van der Waals surface area contributed by atoms with Crippen molar-refractivity contribution in [2.75, 3.05) is 0 Å². The highest BCUT2D eigenvalue weighted by molar-refractivity contribution is 5.98. The molecule has 0 saturated heterocycles. The summed E-state index contributed by atoms with van der Waals surface area (Å²) < 4.78 is 5.58. The van der Waals surface area contributed by atoms with Crippen molar-refractivity contribution < 1.29 is 14.3 Å². The molecule has 3 rings (SSSR count). The van der Waals surface area contributed by atoms with Crippen molar-refractivity contribution in [1.82, 2.24) is 0 Å². The second kappa shape index (κ2) is 4.30. The van der Waals surface area contributed by atoms with Crippen LogP contribution in [0.15, 0.2) is 0 Å². The Hall–Kier alpha value is -0.900. The van der Waals surface area contributed by atoms with E-state index in [2.05, 4.69) is 0 Å². The molecule has 108 valence electrons. The van der Waals surface area contributed by atoms with Crippen LogP contribution >= 0.6 is 0 Å². The molecule has 1 unspecified atom stereocenters. The molecule has 0 amide bonds. The lowest BCUT2D eigenvalue weighted by atomic mass is 9.51. The summed E-state index contributed by atoms with van der Waals surface area (Å²) in [6, 6.07) is 0. The van der Waals surface area contributed by atoms with Crippen LogP contribution in [0.1, 0.15) is 59.8 Å². The minimum absolute atomic E-state index is 0.0679. The monoisotopic (exact) mass is 267 g/mol. The van der Waals surface area contributed by atoms with E-state index in [1.807, 2.05) is 27.7 Å². The van der Waals surface area contributed by atoms with E-state index in [1.165, 1.54) is 0 Å². The number of Topliss-reactive ketones (excluding diaryl/α,β-unsaturated/α-hetero) is 1. The third-order valence-electron chi connectivity index (χ3n) is 4.72. The average molecular weight is 267 g/mol. The third kappa shape index (κ3) is 2.20. The predicted octanol–water partition coefficient (Wildman–Crippen LogP) is 2.19. The second-order valence-electron chi connectivity index (χ2n) is 7.14. The molecule has 0 aromatic heterocycles. The normalized spacial score (nSPS) is 38.4. The highest BCUT2D eigenvalue weighted by Crippen LogP contribution is 2.54. The zero-order valence-electron chi connectivity index (χ0n) is 12.4. The van der Waals surface area contributed by atoms with Crippen LogP contribution in [0.3, 0.4) is 0 Å². The van der Waals surface area contributed by atoms with Crippen molar-refractivity contribution in [2.24, 2.45) is 17.1 Å². The maximum Gasteiger partial charge on any atom is 0.313 e. The van der Waals surface area contributed by atoms with Crippen LogP contribution in [0.25, 0.3) is 0 Å². The SMILES string of the molecule is CCC1C(=O)C2(N)CCC1(C(=O)OC(C)(C)C)CC2. The van der Waals surface area contributed by atoms with E-state index in [-0.39, 0.29) is 17.7 Å². The molecule has 2 bridgehead atoms. The zero-order chi connectivity index (χ0) is 14.5. The van der Waals surface area contributed by atoms with Crippen molar-refractivity contribution in [1.29, 1.82) is 0 Å². The molecular weight excluding hydrogens is 242 g/mol. The topological polar surface area (TPSA) is 69.4 Å². The first-order valence-corrected chi connectivity index (χ1v) is 7.21. The summed E-state index contributed by atoms with van der Waals surface area (Å²) in [5, 5.41) is 0. The van der Waals surface area contributed by atoms with Crippen LogP contribution in [-0.4, -0.2) is 22.9 Å². The number of carbonyl (C=O) groups excluding carboxylic acids is 2. The molecule has 3 aliphatic rings. The molecule has 0 aromatic carbocycles. The first kappa shape index (κ1) is 14.5. The smallest absolute Gasteiger partial charge is 0.313 e. The van der Waals surface area contributed by atoms with Gasteiger partial charge in [0.1, 0.15) is 5.60 Å².